The van der Waals surface area contributed by atoms with Crippen molar-refractivity contribution in [3.8, 4) is 0 Å². The SMILES string of the molecule is O=C1CC(=O)/C(=C/c2ccnc(N3CCC(c4nnn[nH]4)CC3)n2)S1. The lowest BCUT2D eigenvalue weighted by atomic mass is 9.96. The summed E-state index contributed by atoms with van der Waals surface area (Å²) in [5.41, 5.74) is 0.636. The first-order chi connectivity index (χ1) is 12.2. The predicted molar refractivity (Wildman–Crippen MR) is 90.6 cm³/mol. The molecule has 10 heteroatoms. The Bertz CT molecular complexity index is 828. The number of allylic oxidation sites excluding steroid dienone is 1. The molecule has 0 aliphatic carbocycles. The standard InChI is InChI=1S/C15H15N7O2S/c23-11-8-13(24)25-12(11)7-10-1-4-16-15(17-10)22-5-2-9(3-6-22)14-18-20-21-19-14/h1,4,7,9H,2-3,5-6,8H2,(H,18,19,20,21)/b12-7-. The van der Waals surface area contributed by atoms with Crippen LogP contribution in [0.1, 0.15) is 36.7 Å². The number of carbonyl (C=O) groups is 2. The van der Waals surface area contributed by atoms with Gasteiger partial charge in [0.15, 0.2) is 11.6 Å². The number of tetrazole rings is 1. The van der Waals surface area contributed by atoms with Crippen molar-refractivity contribution in [1.29, 1.82) is 0 Å². The van der Waals surface area contributed by atoms with Crippen LogP contribution in [-0.4, -0.2) is 54.6 Å². The number of piperidine rings is 1. The van der Waals surface area contributed by atoms with Crippen LogP contribution in [0.3, 0.4) is 0 Å². The second-order valence-electron chi connectivity index (χ2n) is 5.91. The number of aromatic nitrogens is 6. The van der Waals surface area contributed by atoms with Crippen LogP contribution in [0, 0.1) is 0 Å². The Morgan fingerprint density at radius 1 is 1.28 bits per heavy atom. The smallest absolute Gasteiger partial charge is 0.225 e. The van der Waals surface area contributed by atoms with Gasteiger partial charge >= 0.3 is 0 Å². The zero-order valence-electron chi connectivity index (χ0n) is 13.3. The molecule has 0 saturated carbocycles. The van der Waals surface area contributed by atoms with Gasteiger partial charge in [-0.1, -0.05) is 0 Å². The highest BCUT2D eigenvalue weighted by molar-refractivity contribution is 8.18. The van der Waals surface area contributed by atoms with Crippen LogP contribution < -0.4 is 4.90 Å². The molecule has 0 spiro atoms. The van der Waals surface area contributed by atoms with Crippen molar-refractivity contribution in [3.05, 3.63) is 28.7 Å². The molecule has 9 nitrogen and oxygen atoms in total. The third-order valence-corrected chi connectivity index (χ3v) is 5.21. The number of rotatable bonds is 3. The molecule has 2 saturated heterocycles. The molecule has 25 heavy (non-hydrogen) atoms. The lowest BCUT2D eigenvalue weighted by Crippen LogP contribution is -2.34. The minimum absolute atomic E-state index is 0.0293. The Kier molecular flexibility index (Phi) is 4.26. The highest BCUT2D eigenvalue weighted by atomic mass is 32.2. The van der Waals surface area contributed by atoms with E-state index >= 15 is 0 Å². The van der Waals surface area contributed by atoms with Crippen molar-refractivity contribution in [2.45, 2.75) is 25.2 Å². The summed E-state index contributed by atoms with van der Waals surface area (Å²) in [6.45, 7) is 1.61. The fourth-order valence-electron chi connectivity index (χ4n) is 2.97. The molecule has 1 N–H and O–H groups in total. The first kappa shape index (κ1) is 15.9. The Labute approximate surface area is 147 Å². The third kappa shape index (κ3) is 3.43. The number of carbonyl (C=O) groups excluding carboxylic acids is 2. The van der Waals surface area contributed by atoms with Gasteiger partial charge in [0.05, 0.1) is 17.0 Å². The summed E-state index contributed by atoms with van der Waals surface area (Å²) in [5.74, 6) is 1.62. The number of thioether (sulfide) groups is 1. The summed E-state index contributed by atoms with van der Waals surface area (Å²) >= 11 is 0.985. The maximum Gasteiger partial charge on any atom is 0.225 e. The molecule has 0 amide bonds. The Morgan fingerprint density at radius 2 is 2.12 bits per heavy atom. The number of ketones is 1. The maximum atomic E-state index is 11.7. The molecular formula is C15H15N7O2S. The number of nitrogens with one attached hydrogen (secondary N) is 1. The van der Waals surface area contributed by atoms with Gasteiger partial charge in [-0.05, 0) is 47.2 Å². The number of anilines is 1. The topological polar surface area (TPSA) is 118 Å². The summed E-state index contributed by atoms with van der Waals surface area (Å²) in [7, 11) is 0. The van der Waals surface area contributed by atoms with Gasteiger partial charge in [-0.15, -0.1) is 5.10 Å². The molecule has 0 unspecified atom stereocenters. The molecule has 2 aromatic heterocycles. The minimum Gasteiger partial charge on any atom is -0.341 e. The number of hydrogen-bond acceptors (Lipinski definition) is 9. The molecule has 2 fully saturated rings. The van der Waals surface area contributed by atoms with Crippen LogP contribution >= 0.6 is 11.8 Å². The van der Waals surface area contributed by atoms with E-state index in [2.05, 4.69) is 35.5 Å². The van der Waals surface area contributed by atoms with E-state index in [9.17, 15) is 9.59 Å². The molecule has 4 rings (SSSR count). The minimum atomic E-state index is -0.142. The van der Waals surface area contributed by atoms with Crippen LogP contribution in [0.15, 0.2) is 17.2 Å². The van der Waals surface area contributed by atoms with Crippen molar-refractivity contribution >= 4 is 34.7 Å². The van der Waals surface area contributed by atoms with Crippen molar-refractivity contribution in [1.82, 2.24) is 30.6 Å². The summed E-state index contributed by atoms with van der Waals surface area (Å²) in [6.07, 6.45) is 5.13. The van der Waals surface area contributed by atoms with Crippen LogP contribution in [0.2, 0.25) is 0 Å². The van der Waals surface area contributed by atoms with E-state index in [1.807, 2.05) is 0 Å². The molecule has 0 aromatic carbocycles. The summed E-state index contributed by atoms with van der Waals surface area (Å²) in [4.78, 5) is 34.5. The molecule has 0 radical (unpaired) electrons. The largest absolute Gasteiger partial charge is 0.341 e. The zero-order chi connectivity index (χ0) is 17.2. The highest BCUT2D eigenvalue weighted by Crippen LogP contribution is 2.31. The van der Waals surface area contributed by atoms with Crippen LogP contribution in [0.4, 0.5) is 5.95 Å². The zero-order valence-corrected chi connectivity index (χ0v) is 14.1. The van der Waals surface area contributed by atoms with Crippen molar-refractivity contribution < 1.29 is 9.59 Å². The second-order valence-corrected chi connectivity index (χ2v) is 7.01. The molecule has 4 heterocycles. The number of Topliss-reactive ketones (excluding diaryl/α,β-unsaturated/α-hetero) is 1. The molecule has 2 aliphatic rings. The first-order valence-corrected chi connectivity index (χ1v) is 8.78. The van der Waals surface area contributed by atoms with Gasteiger partial charge in [0, 0.05) is 25.2 Å². The predicted octanol–water partition coefficient (Wildman–Crippen LogP) is 0.947. The van der Waals surface area contributed by atoms with Crippen LogP contribution in [-0.2, 0) is 9.59 Å². The van der Waals surface area contributed by atoms with E-state index in [0.29, 0.717) is 22.5 Å². The van der Waals surface area contributed by atoms with Gasteiger partial charge in [0.2, 0.25) is 11.1 Å². The fourth-order valence-corrected chi connectivity index (χ4v) is 3.78. The van der Waals surface area contributed by atoms with Gasteiger partial charge in [0.1, 0.15) is 0 Å². The lowest BCUT2D eigenvalue weighted by molar-refractivity contribution is -0.119. The van der Waals surface area contributed by atoms with E-state index in [1.54, 1.807) is 18.3 Å². The number of hydrogen-bond donors (Lipinski definition) is 1. The monoisotopic (exact) mass is 357 g/mol. The summed E-state index contributed by atoms with van der Waals surface area (Å²) in [6, 6.07) is 1.74. The molecular weight excluding hydrogens is 342 g/mol. The Morgan fingerprint density at radius 3 is 2.80 bits per heavy atom. The first-order valence-electron chi connectivity index (χ1n) is 7.96. The van der Waals surface area contributed by atoms with E-state index in [0.717, 1.165) is 43.5 Å². The maximum absolute atomic E-state index is 11.7. The number of H-pyrrole nitrogens is 1. The van der Waals surface area contributed by atoms with Gasteiger partial charge in [-0.25, -0.2) is 15.1 Å². The molecule has 128 valence electrons. The summed E-state index contributed by atoms with van der Waals surface area (Å²) < 4.78 is 0. The highest BCUT2D eigenvalue weighted by Gasteiger charge is 2.27. The van der Waals surface area contributed by atoms with E-state index < -0.39 is 0 Å². The Balaban J connectivity index is 1.46. The van der Waals surface area contributed by atoms with E-state index in [1.165, 1.54) is 0 Å². The van der Waals surface area contributed by atoms with Crippen molar-refractivity contribution in [2.24, 2.45) is 0 Å². The molecule has 2 aromatic rings. The van der Waals surface area contributed by atoms with Crippen molar-refractivity contribution in [3.63, 3.8) is 0 Å². The molecule has 0 bridgehead atoms. The second kappa shape index (κ2) is 6.71. The fraction of sp³-hybridized carbons (Fsp3) is 0.400. The normalized spacial score (nSPS) is 20.6. The van der Waals surface area contributed by atoms with Gasteiger partial charge in [-0.2, -0.15) is 0 Å². The Hall–Kier alpha value is -2.62. The lowest BCUT2D eigenvalue weighted by Gasteiger charge is -2.30. The third-order valence-electron chi connectivity index (χ3n) is 4.27. The van der Waals surface area contributed by atoms with E-state index in [-0.39, 0.29) is 17.3 Å². The molecule has 0 atom stereocenters. The van der Waals surface area contributed by atoms with Crippen LogP contribution in [0.25, 0.3) is 6.08 Å². The van der Waals surface area contributed by atoms with Gasteiger partial charge in [0.25, 0.3) is 0 Å². The number of nitrogens with zero attached hydrogens (tertiary/aromatic N) is 6. The van der Waals surface area contributed by atoms with Crippen molar-refractivity contribution in [2.75, 3.05) is 18.0 Å². The number of aromatic amines is 1. The average Bonchev–Trinajstić information content (AvgIpc) is 3.26. The van der Waals surface area contributed by atoms with E-state index in [4.69, 9.17) is 0 Å². The van der Waals surface area contributed by atoms with Gasteiger partial charge < -0.3 is 4.90 Å². The van der Waals surface area contributed by atoms with Crippen LogP contribution in [0.5, 0.6) is 0 Å². The average molecular weight is 357 g/mol. The summed E-state index contributed by atoms with van der Waals surface area (Å²) in [5, 5.41) is 14.0. The molecule has 2 aliphatic heterocycles. The van der Waals surface area contributed by atoms with Gasteiger partial charge in [-0.3, -0.25) is 9.59 Å². The quantitative estimate of drug-likeness (QED) is 0.632.